The average Bonchev–Trinajstić information content (AvgIpc) is 2.31. The molecule has 0 saturated carbocycles. The molecule has 1 aromatic rings. The molecule has 0 radical (unpaired) electrons. The molecule has 0 spiro atoms. The molecule has 1 unspecified atom stereocenters. The molecule has 17 heavy (non-hydrogen) atoms. The number of nitrogens with two attached hydrogens (primary N) is 1. The lowest BCUT2D eigenvalue weighted by molar-refractivity contribution is -0.141. The highest BCUT2D eigenvalue weighted by molar-refractivity contribution is 5.69. The van der Waals surface area contributed by atoms with Crippen molar-refractivity contribution >= 4 is 5.97 Å². The van der Waals surface area contributed by atoms with Crippen LogP contribution in [0.25, 0.3) is 0 Å². The molecule has 3 N–H and O–H groups in total. The Labute approximate surface area is 101 Å². The van der Waals surface area contributed by atoms with Crippen molar-refractivity contribution in [3.05, 3.63) is 29.8 Å². The lowest BCUT2D eigenvalue weighted by Gasteiger charge is -2.09. The summed E-state index contributed by atoms with van der Waals surface area (Å²) in [4.78, 5) is 10.6. The van der Waals surface area contributed by atoms with E-state index in [0.717, 1.165) is 12.2 Å². The average molecular weight is 237 g/mol. The molecule has 1 aromatic carbocycles. The van der Waals surface area contributed by atoms with Gasteiger partial charge in [-0.2, -0.15) is 0 Å². The molecule has 0 amide bonds. The number of carboxylic acids is 1. The van der Waals surface area contributed by atoms with E-state index in [0.29, 0.717) is 19.6 Å². The number of carbonyl (C=O) groups is 1. The normalized spacial score (nSPS) is 12.1. The molecule has 0 heterocycles. The summed E-state index contributed by atoms with van der Waals surface area (Å²) in [6.45, 7) is 2.73. The van der Waals surface area contributed by atoms with Crippen LogP contribution in [0.15, 0.2) is 24.3 Å². The topological polar surface area (TPSA) is 72.5 Å². The van der Waals surface area contributed by atoms with Crippen molar-refractivity contribution in [2.75, 3.05) is 13.2 Å². The van der Waals surface area contributed by atoms with E-state index in [9.17, 15) is 4.79 Å². The minimum absolute atomic E-state index is 0.369. The summed E-state index contributed by atoms with van der Waals surface area (Å²) in [7, 11) is 0. The molecule has 4 heteroatoms. The van der Waals surface area contributed by atoms with Crippen molar-refractivity contribution in [1.29, 1.82) is 0 Å². The van der Waals surface area contributed by atoms with Crippen molar-refractivity contribution in [1.82, 2.24) is 0 Å². The fourth-order valence-corrected chi connectivity index (χ4v) is 1.40. The largest absolute Gasteiger partial charge is 0.494 e. The zero-order chi connectivity index (χ0) is 12.7. The van der Waals surface area contributed by atoms with Crippen LogP contribution in [-0.2, 0) is 11.2 Å². The van der Waals surface area contributed by atoms with Gasteiger partial charge >= 0.3 is 5.97 Å². The fourth-order valence-electron chi connectivity index (χ4n) is 1.40. The second kappa shape index (κ2) is 6.91. The van der Waals surface area contributed by atoms with Crippen LogP contribution in [0, 0.1) is 5.92 Å². The van der Waals surface area contributed by atoms with Crippen molar-refractivity contribution < 1.29 is 14.6 Å². The SMILES string of the molecule is CC(CCOc1ccc(CCN)cc1)C(=O)O. The van der Waals surface area contributed by atoms with Crippen LogP contribution in [0.1, 0.15) is 18.9 Å². The van der Waals surface area contributed by atoms with Crippen LogP contribution in [0.2, 0.25) is 0 Å². The lowest BCUT2D eigenvalue weighted by atomic mass is 10.1. The van der Waals surface area contributed by atoms with Crippen LogP contribution in [0.3, 0.4) is 0 Å². The van der Waals surface area contributed by atoms with Crippen LogP contribution in [-0.4, -0.2) is 24.2 Å². The van der Waals surface area contributed by atoms with Gasteiger partial charge in [0.25, 0.3) is 0 Å². The number of aliphatic carboxylic acids is 1. The summed E-state index contributed by atoms with van der Waals surface area (Å²) in [6.07, 6.45) is 1.37. The molecule has 4 nitrogen and oxygen atoms in total. The van der Waals surface area contributed by atoms with Crippen LogP contribution in [0.5, 0.6) is 5.75 Å². The first-order chi connectivity index (χ1) is 8.13. The maximum absolute atomic E-state index is 10.6. The van der Waals surface area contributed by atoms with Gasteiger partial charge in [0.05, 0.1) is 12.5 Å². The molecule has 0 bridgehead atoms. The Kier molecular flexibility index (Phi) is 5.49. The van der Waals surface area contributed by atoms with Crippen molar-refractivity contribution in [2.24, 2.45) is 11.7 Å². The first-order valence-corrected chi connectivity index (χ1v) is 5.78. The van der Waals surface area contributed by atoms with Crippen LogP contribution in [0.4, 0.5) is 0 Å². The van der Waals surface area contributed by atoms with E-state index in [1.807, 2.05) is 24.3 Å². The standard InChI is InChI=1S/C13H19NO3/c1-10(13(15)16)7-9-17-12-4-2-11(3-5-12)6-8-14/h2-5,10H,6-9,14H2,1H3,(H,15,16). The van der Waals surface area contributed by atoms with E-state index >= 15 is 0 Å². The number of hydrogen-bond donors (Lipinski definition) is 2. The van der Waals surface area contributed by atoms with Gasteiger partial charge in [0.2, 0.25) is 0 Å². The van der Waals surface area contributed by atoms with Crippen molar-refractivity contribution in [3.63, 3.8) is 0 Å². The third-order valence-electron chi connectivity index (χ3n) is 2.60. The predicted octanol–water partition coefficient (Wildman–Crippen LogP) is 1.68. The van der Waals surface area contributed by atoms with E-state index in [2.05, 4.69) is 0 Å². The molecular formula is C13H19NO3. The number of ether oxygens (including phenoxy) is 1. The smallest absolute Gasteiger partial charge is 0.306 e. The summed E-state index contributed by atoms with van der Waals surface area (Å²) in [5.74, 6) is -0.387. The molecule has 0 aliphatic heterocycles. The molecule has 0 aromatic heterocycles. The Bertz CT molecular complexity index is 348. The predicted molar refractivity (Wildman–Crippen MR) is 66.1 cm³/mol. The number of hydrogen-bond acceptors (Lipinski definition) is 3. The van der Waals surface area contributed by atoms with Gasteiger partial charge in [0.15, 0.2) is 0 Å². The highest BCUT2D eigenvalue weighted by atomic mass is 16.5. The number of rotatable bonds is 7. The first-order valence-electron chi connectivity index (χ1n) is 5.78. The highest BCUT2D eigenvalue weighted by Gasteiger charge is 2.10. The molecule has 94 valence electrons. The van der Waals surface area contributed by atoms with Crippen molar-refractivity contribution in [2.45, 2.75) is 19.8 Å². The molecule has 0 aliphatic carbocycles. The second-order valence-corrected chi connectivity index (χ2v) is 4.06. The Balaban J connectivity index is 2.34. The van der Waals surface area contributed by atoms with Gasteiger partial charge in [0, 0.05) is 0 Å². The van der Waals surface area contributed by atoms with Gasteiger partial charge in [-0.3, -0.25) is 4.79 Å². The summed E-state index contributed by atoms with van der Waals surface area (Å²) in [5, 5.41) is 8.71. The van der Waals surface area contributed by atoms with E-state index in [1.165, 1.54) is 5.56 Å². The Hall–Kier alpha value is -1.55. The highest BCUT2D eigenvalue weighted by Crippen LogP contribution is 2.13. The monoisotopic (exact) mass is 237 g/mol. The maximum Gasteiger partial charge on any atom is 0.306 e. The Morgan fingerprint density at radius 3 is 2.59 bits per heavy atom. The third kappa shape index (κ3) is 4.87. The number of carboxylic acid groups (broad SMARTS) is 1. The first kappa shape index (κ1) is 13.5. The second-order valence-electron chi connectivity index (χ2n) is 4.06. The van der Waals surface area contributed by atoms with Gasteiger partial charge in [-0.15, -0.1) is 0 Å². The number of benzene rings is 1. The van der Waals surface area contributed by atoms with E-state index in [4.69, 9.17) is 15.6 Å². The lowest BCUT2D eigenvalue weighted by Crippen LogP contribution is -2.13. The van der Waals surface area contributed by atoms with Crippen molar-refractivity contribution in [3.8, 4) is 5.75 Å². The molecule has 1 atom stereocenters. The van der Waals surface area contributed by atoms with E-state index < -0.39 is 5.97 Å². The molecule has 0 saturated heterocycles. The minimum Gasteiger partial charge on any atom is -0.494 e. The van der Waals surface area contributed by atoms with Gasteiger partial charge in [-0.25, -0.2) is 0 Å². The molecule has 0 fully saturated rings. The summed E-state index contributed by atoms with van der Waals surface area (Å²) < 4.78 is 5.47. The van der Waals surface area contributed by atoms with Gasteiger partial charge < -0.3 is 15.6 Å². The maximum atomic E-state index is 10.6. The van der Waals surface area contributed by atoms with E-state index in [-0.39, 0.29) is 5.92 Å². The third-order valence-corrected chi connectivity index (χ3v) is 2.60. The van der Waals surface area contributed by atoms with E-state index in [1.54, 1.807) is 6.92 Å². The van der Waals surface area contributed by atoms with Gasteiger partial charge in [-0.1, -0.05) is 19.1 Å². The zero-order valence-corrected chi connectivity index (χ0v) is 10.1. The van der Waals surface area contributed by atoms with Gasteiger partial charge in [0.1, 0.15) is 5.75 Å². The minimum atomic E-state index is -0.785. The van der Waals surface area contributed by atoms with Gasteiger partial charge in [-0.05, 0) is 37.1 Å². The summed E-state index contributed by atoms with van der Waals surface area (Å²) >= 11 is 0. The Morgan fingerprint density at radius 1 is 1.41 bits per heavy atom. The quantitative estimate of drug-likeness (QED) is 0.756. The molecular weight excluding hydrogens is 218 g/mol. The Morgan fingerprint density at radius 2 is 2.06 bits per heavy atom. The summed E-state index contributed by atoms with van der Waals surface area (Å²) in [6, 6.07) is 7.72. The van der Waals surface area contributed by atoms with Crippen LogP contribution < -0.4 is 10.5 Å². The fraction of sp³-hybridized carbons (Fsp3) is 0.462. The molecule has 1 rings (SSSR count). The molecule has 0 aliphatic rings. The summed E-state index contributed by atoms with van der Waals surface area (Å²) in [5.41, 5.74) is 6.63. The zero-order valence-electron chi connectivity index (χ0n) is 10.1. The van der Waals surface area contributed by atoms with Crippen LogP contribution >= 0.6 is 0 Å².